The van der Waals surface area contributed by atoms with E-state index in [-0.39, 0.29) is 0 Å². The van der Waals surface area contributed by atoms with E-state index >= 15 is 0 Å². The van der Waals surface area contributed by atoms with Crippen LogP contribution in [0.2, 0.25) is 5.02 Å². The Labute approximate surface area is 127 Å². The molecule has 0 saturated heterocycles. The highest BCUT2D eigenvalue weighted by Crippen LogP contribution is 2.33. The molecule has 2 aromatic carbocycles. The summed E-state index contributed by atoms with van der Waals surface area (Å²) in [5.74, 6) is 0.787. The molecule has 0 spiro atoms. The lowest BCUT2D eigenvalue weighted by molar-refractivity contribution is 0.416. The number of nitrogens with zero attached hydrogens (tertiary/aromatic N) is 1. The fourth-order valence-corrected chi connectivity index (χ4v) is 2.18. The second-order valence-electron chi connectivity index (χ2n) is 4.38. The number of aromatic nitrogens is 1. The van der Waals surface area contributed by atoms with Crippen LogP contribution in [0.1, 0.15) is 0 Å². The number of benzene rings is 2. The van der Waals surface area contributed by atoms with Crippen LogP contribution in [0, 0.1) is 0 Å². The van der Waals surface area contributed by atoms with E-state index in [0.29, 0.717) is 11.0 Å². The molecule has 0 amide bonds. The molecule has 0 saturated carbocycles. The van der Waals surface area contributed by atoms with Gasteiger partial charge in [0.2, 0.25) is 0 Å². The third kappa shape index (κ3) is 3.01. The van der Waals surface area contributed by atoms with Crippen LogP contribution in [0.5, 0.6) is 5.75 Å². The summed E-state index contributed by atoms with van der Waals surface area (Å²) in [5.41, 5.74) is 2.85. The summed E-state index contributed by atoms with van der Waals surface area (Å²) in [5, 5.41) is 3.80. The molecular formula is C16H13ClN2O2. The first-order chi connectivity index (χ1) is 10.3. The quantitative estimate of drug-likeness (QED) is 0.755. The third-order valence-corrected chi connectivity index (χ3v) is 3.29. The molecule has 21 heavy (non-hydrogen) atoms. The maximum Gasteiger partial charge on any atom is 0.299 e. The van der Waals surface area contributed by atoms with Gasteiger partial charge < -0.3 is 14.5 Å². The van der Waals surface area contributed by atoms with Crippen molar-refractivity contribution in [2.45, 2.75) is 0 Å². The minimum absolute atomic E-state index is 0.447. The van der Waals surface area contributed by atoms with E-state index in [1.54, 1.807) is 13.3 Å². The lowest BCUT2D eigenvalue weighted by Crippen LogP contribution is -1.93. The Morgan fingerprint density at radius 1 is 1.14 bits per heavy atom. The Morgan fingerprint density at radius 3 is 2.62 bits per heavy atom. The van der Waals surface area contributed by atoms with Crippen molar-refractivity contribution in [2.24, 2.45) is 0 Å². The highest BCUT2D eigenvalue weighted by atomic mass is 35.5. The lowest BCUT2D eigenvalue weighted by atomic mass is 10.0. The predicted molar refractivity (Wildman–Crippen MR) is 83.2 cm³/mol. The van der Waals surface area contributed by atoms with E-state index in [2.05, 4.69) is 10.3 Å². The average Bonchev–Trinajstić information content (AvgIpc) is 3.01. The molecule has 5 heteroatoms. The molecule has 4 nitrogen and oxygen atoms in total. The summed E-state index contributed by atoms with van der Waals surface area (Å²) >= 11 is 5.93. The Bertz CT molecular complexity index is 725. The van der Waals surface area contributed by atoms with Crippen molar-refractivity contribution in [1.29, 1.82) is 0 Å². The van der Waals surface area contributed by atoms with Crippen LogP contribution >= 0.6 is 11.6 Å². The maximum absolute atomic E-state index is 5.93. The van der Waals surface area contributed by atoms with Crippen LogP contribution in [0.25, 0.3) is 11.1 Å². The van der Waals surface area contributed by atoms with Crippen LogP contribution in [0.3, 0.4) is 0 Å². The number of hydrogen-bond acceptors (Lipinski definition) is 4. The summed E-state index contributed by atoms with van der Waals surface area (Å²) < 4.78 is 10.6. The number of ether oxygens (including phenoxy) is 1. The number of halogens is 1. The SMILES string of the molecule is COc1ccc(Nc2ncco2)cc1-c1ccc(Cl)cc1. The van der Waals surface area contributed by atoms with Gasteiger partial charge in [0.15, 0.2) is 0 Å². The van der Waals surface area contributed by atoms with Gasteiger partial charge in [-0.05, 0) is 35.9 Å². The number of methoxy groups -OCH3 is 1. The summed E-state index contributed by atoms with van der Waals surface area (Å²) in [6, 6.07) is 13.8. The number of anilines is 2. The van der Waals surface area contributed by atoms with Gasteiger partial charge in [0, 0.05) is 16.3 Å². The zero-order chi connectivity index (χ0) is 14.7. The molecule has 0 aliphatic carbocycles. The van der Waals surface area contributed by atoms with Crippen LogP contribution in [0.15, 0.2) is 59.3 Å². The van der Waals surface area contributed by atoms with Gasteiger partial charge in [0.1, 0.15) is 12.0 Å². The van der Waals surface area contributed by atoms with Gasteiger partial charge >= 0.3 is 0 Å². The van der Waals surface area contributed by atoms with E-state index in [4.69, 9.17) is 20.8 Å². The van der Waals surface area contributed by atoms with Crippen molar-refractivity contribution in [2.75, 3.05) is 12.4 Å². The summed E-state index contributed by atoms with van der Waals surface area (Å²) in [4.78, 5) is 4.04. The number of rotatable bonds is 4. The van der Waals surface area contributed by atoms with Gasteiger partial charge in [0.05, 0.1) is 13.3 Å². The van der Waals surface area contributed by atoms with Crippen LogP contribution in [0.4, 0.5) is 11.7 Å². The zero-order valence-corrected chi connectivity index (χ0v) is 12.1. The predicted octanol–water partition coefficient (Wildman–Crippen LogP) is 4.75. The van der Waals surface area contributed by atoms with Crippen LogP contribution in [-0.4, -0.2) is 12.1 Å². The molecule has 0 fully saturated rings. The van der Waals surface area contributed by atoms with Gasteiger partial charge in [-0.25, -0.2) is 4.98 Å². The van der Waals surface area contributed by atoms with E-state index in [1.807, 2.05) is 42.5 Å². The van der Waals surface area contributed by atoms with Gasteiger partial charge in [-0.2, -0.15) is 0 Å². The van der Waals surface area contributed by atoms with Crippen molar-refractivity contribution in [3.63, 3.8) is 0 Å². The highest BCUT2D eigenvalue weighted by molar-refractivity contribution is 6.30. The second kappa shape index (κ2) is 5.89. The Balaban J connectivity index is 1.99. The standard InChI is InChI=1S/C16H13ClN2O2/c1-20-15-7-6-13(19-16-18-8-9-21-16)10-14(15)11-2-4-12(17)5-3-11/h2-10H,1H3,(H,18,19). The fourth-order valence-electron chi connectivity index (χ4n) is 2.05. The van der Waals surface area contributed by atoms with Crippen molar-refractivity contribution in [1.82, 2.24) is 4.98 Å². The number of oxazole rings is 1. The average molecular weight is 301 g/mol. The largest absolute Gasteiger partial charge is 0.496 e. The summed E-state index contributed by atoms with van der Waals surface area (Å²) in [6.07, 6.45) is 3.11. The van der Waals surface area contributed by atoms with Gasteiger partial charge in [-0.1, -0.05) is 23.7 Å². The third-order valence-electron chi connectivity index (χ3n) is 3.04. The van der Waals surface area contributed by atoms with Gasteiger partial charge in [-0.3, -0.25) is 0 Å². The van der Waals surface area contributed by atoms with Crippen molar-refractivity contribution in [3.8, 4) is 16.9 Å². The molecule has 1 heterocycles. The van der Waals surface area contributed by atoms with E-state index in [1.165, 1.54) is 6.26 Å². The minimum Gasteiger partial charge on any atom is -0.496 e. The monoisotopic (exact) mass is 300 g/mol. The van der Waals surface area contributed by atoms with E-state index in [9.17, 15) is 0 Å². The normalized spacial score (nSPS) is 10.4. The molecular weight excluding hydrogens is 288 g/mol. The highest BCUT2D eigenvalue weighted by Gasteiger charge is 2.08. The zero-order valence-electron chi connectivity index (χ0n) is 11.3. The Kier molecular flexibility index (Phi) is 3.79. The molecule has 3 aromatic rings. The smallest absolute Gasteiger partial charge is 0.299 e. The van der Waals surface area contributed by atoms with Crippen LogP contribution < -0.4 is 10.1 Å². The number of hydrogen-bond donors (Lipinski definition) is 1. The van der Waals surface area contributed by atoms with E-state index < -0.39 is 0 Å². The molecule has 0 bridgehead atoms. The van der Waals surface area contributed by atoms with Crippen molar-refractivity contribution in [3.05, 3.63) is 59.9 Å². The van der Waals surface area contributed by atoms with E-state index in [0.717, 1.165) is 22.6 Å². The molecule has 1 N–H and O–H groups in total. The second-order valence-corrected chi connectivity index (χ2v) is 4.82. The molecule has 0 radical (unpaired) electrons. The molecule has 0 aliphatic heterocycles. The van der Waals surface area contributed by atoms with Crippen LogP contribution in [-0.2, 0) is 0 Å². The Morgan fingerprint density at radius 2 is 1.95 bits per heavy atom. The molecule has 0 atom stereocenters. The Hall–Kier alpha value is -2.46. The topological polar surface area (TPSA) is 47.3 Å². The lowest BCUT2D eigenvalue weighted by Gasteiger charge is -2.11. The summed E-state index contributed by atoms with van der Waals surface area (Å²) in [6.45, 7) is 0. The van der Waals surface area contributed by atoms with Gasteiger partial charge in [0.25, 0.3) is 6.01 Å². The van der Waals surface area contributed by atoms with Gasteiger partial charge in [-0.15, -0.1) is 0 Å². The first kappa shape index (κ1) is 13.5. The first-order valence-electron chi connectivity index (χ1n) is 6.37. The molecule has 1 aromatic heterocycles. The fraction of sp³-hybridized carbons (Fsp3) is 0.0625. The summed E-state index contributed by atoms with van der Waals surface area (Å²) in [7, 11) is 1.65. The first-order valence-corrected chi connectivity index (χ1v) is 6.74. The molecule has 106 valence electrons. The molecule has 3 rings (SSSR count). The van der Waals surface area contributed by atoms with Crippen molar-refractivity contribution < 1.29 is 9.15 Å². The molecule has 0 aliphatic rings. The van der Waals surface area contributed by atoms with Crippen molar-refractivity contribution >= 4 is 23.3 Å². The maximum atomic E-state index is 5.93. The molecule has 0 unspecified atom stereocenters. The number of nitrogens with one attached hydrogen (secondary N) is 1. The minimum atomic E-state index is 0.447.